The number of rotatable bonds is 3. The SMILES string of the molecule is C=C1OCc2c(cc3n(c2=O)Cc2c-3nc3cc(F)c(C)c4c3c2[C@@H](NC(C)C)CC4)[C@@]1(O)CC. The summed E-state index contributed by atoms with van der Waals surface area (Å²) in [5, 5.41) is 16.1. The molecule has 0 amide bonds. The molecule has 1 aliphatic carbocycles. The van der Waals surface area contributed by atoms with Gasteiger partial charge in [-0.3, -0.25) is 4.79 Å². The van der Waals surface area contributed by atoms with Crippen molar-refractivity contribution in [1.82, 2.24) is 14.9 Å². The van der Waals surface area contributed by atoms with Crippen molar-refractivity contribution in [2.45, 2.75) is 77.8 Å². The third-order valence-electron chi connectivity index (χ3n) is 8.08. The summed E-state index contributed by atoms with van der Waals surface area (Å²) in [7, 11) is 0. The number of halogens is 1. The maximum Gasteiger partial charge on any atom is 0.258 e. The first-order chi connectivity index (χ1) is 16.7. The van der Waals surface area contributed by atoms with Crippen molar-refractivity contribution in [2.24, 2.45) is 0 Å². The van der Waals surface area contributed by atoms with Crippen molar-refractivity contribution in [3.8, 4) is 11.4 Å². The minimum absolute atomic E-state index is 0.0836. The number of aromatic nitrogens is 2. The van der Waals surface area contributed by atoms with E-state index < -0.39 is 5.60 Å². The summed E-state index contributed by atoms with van der Waals surface area (Å²) in [5.41, 5.74) is 5.14. The van der Waals surface area contributed by atoms with E-state index in [9.17, 15) is 14.3 Å². The molecular weight excluding hydrogens is 445 g/mol. The number of hydrogen-bond donors (Lipinski definition) is 2. The molecule has 0 saturated heterocycles. The second kappa shape index (κ2) is 7.48. The van der Waals surface area contributed by atoms with E-state index in [1.54, 1.807) is 4.57 Å². The second-order valence-corrected chi connectivity index (χ2v) is 10.4. The molecule has 2 aromatic heterocycles. The van der Waals surface area contributed by atoms with Gasteiger partial charge in [-0.15, -0.1) is 0 Å². The highest BCUT2D eigenvalue weighted by atomic mass is 19.1. The first-order valence-corrected chi connectivity index (χ1v) is 12.4. The fourth-order valence-corrected chi connectivity index (χ4v) is 6.24. The molecule has 0 fully saturated rings. The third-order valence-corrected chi connectivity index (χ3v) is 8.08. The van der Waals surface area contributed by atoms with Crippen LogP contribution >= 0.6 is 0 Å². The van der Waals surface area contributed by atoms with Crippen molar-refractivity contribution in [3.63, 3.8) is 0 Å². The van der Waals surface area contributed by atoms with E-state index in [0.717, 1.165) is 34.9 Å². The van der Waals surface area contributed by atoms with Crippen LogP contribution in [0.25, 0.3) is 22.3 Å². The van der Waals surface area contributed by atoms with Crippen LogP contribution in [-0.2, 0) is 29.9 Å². The largest absolute Gasteiger partial charge is 0.490 e. The Morgan fingerprint density at radius 2 is 2.11 bits per heavy atom. The predicted octanol–water partition coefficient (Wildman–Crippen LogP) is 4.50. The van der Waals surface area contributed by atoms with Crippen LogP contribution in [0.1, 0.15) is 73.0 Å². The minimum atomic E-state index is -1.44. The number of fused-ring (bicyclic) bond motifs is 5. The molecule has 35 heavy (non-hydrogen) atoms. The van der Waals surface area contributed by atoms with Crippen LogP contribution in [0.3, 0.4) is 0 Å². The lowest BCUT2D eigenvalue weighted by Crippen LogP contribution is -2.38. The highest BCUT2D eigenvalue weighted by Gasteiger charge is 2.42. The van der Waals surface area contributed by atoms with Crippen LogP contribution in [0, 0.1) is 12.7 Å². The number of aliphatic hydroxyl groups is 1. The van der Waals surface area contributed by atoms with Crippen LogP contribution in [0.5, 0.6) is 0 Å². The van der Waals surface area contributed by atoms with Gasteiger partial charge in [0.05, 0.1) is 29.0 Å². The number of benzene rings is 1. The molecule has 2 aliphatic heterocycles. The van der Waals surface area contributed by atoms with Crippen LogP contribution in [0.2, 0.25) is 0 Å². The third kappa shape index (κ3) is 2.94. The smallest absolute Gasteiger partial charge is 0.258 e. The molecule has 3 aromatic rings. The molecule has 4 heterocycles. The monoisotopic (exact) mass is 475 g/mol. The molecule has 182 valence electrons. The fraction of sp³-hybridized carbons (Fsp3) is 0.429. The quantitative estimate of drug-likeness (QED) is 0.456. The Hall–Kier alpha value is -3.03. The molecule has 0 saturated carbocycles. The van der Waals surface area contributed by atoms with Gasteiger partial charge in [0.25, 0.3) is 5.56 Å². The maximum absolute atomic E-state index is 14.9. The summed E-state index contributed by atoms with van der Waals surface area (Å²) >= 11 is 0. The normalized spacial score (nSPS) is 22.3. The van der Waals surface area contributed by atoms with Gasteiger partial charge in [0.1, 0.15) is 23.8 Å². The summed E-state index contributed by atoms with van der Waals surface area (Å²) in [5.74, 6) is -0.00387. The number of ether oxygens (including phenoxy) is 1. The Morgan fingerprint density at radius 3 is 2.83 bits per heavy atom. The van der Waals surface area contributed by atoms with Crippen molar-refractivity contribution < 1.29 is 14.2 Å². The number of hydrogen-bond acceptors (Lipinski definition) is 5. The van der Waals surface area contributed by atoms with Crippen LogP contribution in [0.15, 0.2) is 29.3 Å². The fourth-order valence-electron chi connectivity index (χ4n) is 6.24. The highest BCUT2D eigenvalue weighted by molar-refractivity contribution is 5.93. The number of pyridine rings is 2. The topological polar surface area (TPSA) is 76.4 Å². The summed E-state index contributed by atoms with van der Waals surface area (Å²) in [6, 6.07) is 3.74. The molecule has 1 aromatic carbocycles. The molecule has 3 aliphatic rings. The first kappa shape index (κ1) is 22.4. The lowest BCUT2D eigenvalue weighted by atomic mass is 9.81. The second-order valence-electron chi connectivity index (χ2n) is 10.4. The zero-order valence-electron chi connectivity index (χ0n) is 20.6. The average Bonchev–Trinajstić information content (AvgIpc) is 3.19. The number of nitrogens with zero attached hydrogens (tertiary/aromatic N) is 2. The van der Waals surface area contributed by atoms with Crippen LogP contribution in [0.4, 0.5) is 4.39 Å². The summed E-state index contributed by atoms with van der Waals surface area (Å²) < 4.78 is 22.3. The van der Waals surface area contributed by atoms with Gasteiger partial charge in [0, 0.05) is 34.7 Å². The van der Waals surface area contributed by atoms with E-state index in [1.165, 1.54) is 6.07 Å². The van der Waals surface area contributed by atoms with E-state index >= 15 is 0 Å². The van der Waals surface area contributed by atoms with Crippen molar-refractivity contribution in [2.75, 3.05) is 0 Å². The molecule has 7 heteroatoms. The van der Waals surface area contributed by atoms with Crippen molar-refractivity contribution in [1.29, 1.82) is 0 Å². The molecule has 0 unspecified atom stereocenters. The Balaban J connectivity index is 1.68. The number of aryl methyl sites for hydroxylation is 1. The predicted molar refractivity (Wildman–Crippen MR) is 133 cm³/mol. The Labute approximate surface area is 203 Å². The zero-order chi connectivity index (χ0) is 24.8. The van der Waals surface area contributed by atoms with Gasteiger partial charge in [-0.2, -0.15) is 0 Å². The van der Waals surface area contributed by atoms with Gasteiger partial charge in [-0.25, -0.2) is 9.37 Å². The van der Waals surface area contributed by atoms with Crippen LogP contribution < -0.4 is 10.9 Å². The number of nitrogens with one attached hydrogen (secondary N) is 1. The summed E-state index contributed by atoms with van der Waals surface area (Å²) in [4.78, 5) is 18.6. The lowest BCUT2D eigenvalue weighted by molar-refractivity contribution is -0.0172. The van der Waals surface area contributed by atoms with Gasteiger partial charge < -0.3 is 19.7 Å². The highest BCUT2D eigenvalue weighted by Crippen LogP contribution is 2.46. The maximum atomic E-state index is 14.9. The standard InChI is InChI=1S/C28H30FN3O3/c1-6-28(34)15(5)35-12-18-19(28)9-23-26-17(11-32(23)27(18)33)25-21(30-13(2)3)8-7-16-14(4)20(29)10-22(31-26)24(16)25/h9-10,13,21,30,34H,5-8,11-12H2,1-4H3/t21-,28+/m0/s1. The van der Waals surface area contributed by atoms with E-state index in [2.05, 4.69) is 25.7 Å². The van der Waals surface area contributed by atoms with Gasteiger partial charge >= 0.3 is 0 Å². The van der Waals surface area contributed by atoms with Crippen molar-refractivity contribution in [3.05, 3.63) is 74.0 Å². The van der Waals surface area contributed by atoms with Crippen LogP contribution in [-0.4, -0.2) is 20.7 Å². The van der Waals surface area contributed by atoms with E-state index in [0.29, 0.717) is 46.6 Å². The lowest BCUT2D eigenvalue weighted by Gasteiger charge is -2.35. The summed E-state index contributed by atoms with van der Waals surface area (Å²) in [6.45, 7) is 12.3. The van der Waals surface area contributed by atoms with Gasteiger partial charge in [0.2, 0.25) is 0 Å². The first-order valence-electron chi connectivity index (χ1n) is 12.4. The molecule has 0 radical (unpaired) electrons. The van der Waals surface area contributed by atoms with E-state index in [1.807, 2.05) is 19.9 Å². The van der Waals surface area contributed by atoms with Gasteiger partial charge in [-0.1, -0.05) is 27.4 Å². The van der Waals surface area contributed by atoms with E-state index in [4.69, 9.17) is 9.72 Å². The molecule has 6 nitrogen and oxygen atoms in total. The molecular formula is C28H30FN3O3. The molecule has 6 rings (SSSR count). The summed E-state index contributed by atoms with van der Waals surface area (Å²) in [6.07, 6.45) is 1.97. The Bertz CT molecular complexity index is 1510. The van der Waals surface area contributed by atoms with E-state index in [-0.39, 0.29) is 35.8 Å². The average molecular weight is 476 g/mol. The minimum Gasteiger partial charge on any atom is -0.490 e. The molecule has 2 atom stereocenters. The molecule has 2 N–H and O–H groups in total. The Kier molecular flexibility index (Phi) is 4.80. The van der Waals surface area contributed by atoms with Gasteiger partial charge in [-0.05, 0) is 48.9 Å². The Morgan fingerprint density at radius 1 is 1.34 bits per heavy atom. The molecule has 0 bridgehead atoms. The van der Waals surface area contributed by atoms with Crippen molar-refractivity contribution >= 4 is 10.9 Å². The zero-order valence-corrected chi connectivity index (χ0v) is 20.6. The molecule has 0 spiro atoms. The van der Waals surface area contributed by atoms with Gasteiger partial charge in [0.15, 0.2) is 0 Å².